The smallest absolute Gasteiger partial charge is 0.227 e. The van der Waals surface area contributed by atoms with Crippen molar-refractivity contribution in [2.75, 3.05) is 10.2 Å². The van der Waals surface area contributed by atoms with E-state index in [0.29, 0.717) is 18.4 Å². The van der Waals surface area contributed by atoms with Crippen molar-refractivity contribution in [3.05, 3.63) is 107 Å². The van der Waals surface area contributed by atoms with Crippen molar-refractivity contribution in [2.45, 2.75) is 45.1 Å². The van der Waals surface area contributed by atoms with Crippen LogP contribution < -0.4 is 10.2 Å². The normalized spacial score (nSPS) is 19.9. The number of ketones is 1. The number of aryl methyl sites for hydroxylation is 1. The zero-order valence-electron chi connectivity index (χ0n) is 19.0. The van der Waals surface area contributed by atoms with E-state index in [4.69, 9.17) is 0 Å². The number of carbonyl (C=O) groups is 2. The zero-order chi connectivity index (χ0) is 22.9. The Hall–Kier alpha value is -3.66. The third-order valence-corrected chi connectivity index (χ3v) is 6.72. The van der Waals surface area contributed by atoms with Gasteiger partial charge in [0.05, 0.1) is 17.4 Å². The van der Waals surface area contributed by atoms with Crippen LogP contribution >= 0.6 is 0 Å². The molecule has 2 aliphatic rings. The Morgan fingerprint density at radius 1 is 0.909 bits per heavy atom. The summed E-state index contributed by atoms with van der Waals surface area (Å²) in [5.41, 5.74) is 6.59. The van der Waals surface area contributed by atoms with Crippen molar-refractivity contribution in [1.29, 1.82) is 0 Å². The Labute approximate surface area is 194 Å². The van der Waals surface area contributed by atoms with E-state index >= 15 is 0 Å². The molecule has 3 aromatic carbocycles. The van der Waals surface area contributed by atoms with E-state index in [2.05, 4.69) is 29.6 Å². The topological polar surface area (TPSA) is 49.4 Å². The van der Waals surface area contributed by atoms with Crippen molar-refractivity contribution in [1.82, 2.24) is 0 Å². The van der Waals surface area contributed by atoms with Gasteiger partial charge in [0.1, 0.15) is 0 Å². The fourth-order valence-electron chi connectivity index (χ4n) is 5.06. The van der Waals surface area contributed by atoms with Gasteiger partial charge in [-0.25, -0.2) is 0 Å². The predicted molar refractivity (Wildman–Crippen MR) is 132 cm³/mol. The van der Waals surface area contributed by atoms with Crippen LogP contribution in [0.25, 0.3) is 0 Å². The standard InChI is InChI=1S/C29H28N2O2/c1-3-27(33)31-25-12-8-7-11-23(25)30-24-17-22(20-9-5-4-6-10-20)18-26(32)28(24)29(31)21-15-13-19(2)14-16-21/h4-16,22,29-30H,3,17-18H2,1-2H3/t22-,29+/m1/s1. The molecule has 1 N–H and O–H groups in total. The Balaban J connectivity index is 1.71. The Morgan fingerprint density at radius 2 is 1.61 bits per heavy atom. The second kappa shape index (κ2) is 8.70. The van der Waals surface area contributed by atoms with E-state index in [1.807, 2.05) is 73.3 Å². The maximum atomic E-state index is 13.8. The van der Waals surface area contributed by atoms with Gasteiger partial charge >= 0.3 is 0 Å². The van der Waals surface area contributed by atoms with Gasteiger partial charge in [0, 0.05) is 24.1 Å². The number of carbonyl (C=O) groups excluding carboxylic acids is 2. The van der Waals surface area contributed by atoms with Crippen molar-refractivity contribution in [3.8, 4) is 0 Å². The molecule has 4 heteroatoms. The van der Waals surface area contributed by atoms with Crippen LogP contribution in [0.15, 0.2) is 90.1 Å². The summed E-state index contributed by atoms with van der Waals surface area (Å²) in [6.07, 6.45) is 1.54. The first-order valence-electron chi connectivity index (χ1n) is 11.6. The van der Waals surface area contributed by atoms with Crippen LogP contribution in [0.3, 0.4) is 0 Å². The zero-order valence-corrected chi connectivity index (χ0v) is 19.0. The highest BCUT2D eigenvalue weighted by Gasteiger charge is 2.41. The molecule has 0 unspecified atom stereocenters. The first kappa shape index (κ1) is 21.2. The number of allylic oxidation sites excluding steroid dienone is 1. The largest absolute Gasteiger partial charge is 0.357 e. The molecule has 0 bridgehead atoms. The Bertz CT molecular complexity index is 1230. The van der Waals surface area contributed by atoms with Gasteiger partial charge in [-0.05, 0) is 42.5 Å². The molecule has 1 aliphatic heterocycles. The number of nitrogens with zero attached hydrogens (tertiary/aromatic N) is 1. The number of anilines is 2. The summed E-state index contributed by atoms with van der Waals surface area (Å²) in [4.78, 5) is 29.0. The second-order valence-corrected chi connectivity index (χ2v) is 8.90. The summed E-state index contributed by atoms with van der Waals surface area (Å²) in [6, 6.07) is 25.9. The molecule has 1 amide bonds. The summed E-state index contributed by atoms with van der Waals surface area (Å²) in [5, 5.41) is 3.58. The highest BCUT2D eigenvalue weighted by Crippen LogP contribution is 2.47. The van der Waals surface area contributed by atoms with Crippen LogP contribution in [0.1, 0.15) is 54.8 Å². The molecule has 1 aliphatic carbocycles. The number of amides is 1. The van der Waals surface area contributed by atoms with Gasteiger partial charge in [0.2, 0.25) is 5.91 Å². The first-order chi connectivity index (χ1) is 16.1. The lowest BCUT2D eigenvalue weighted by Crippen LogP contribution is -2.38. The van der Waals surface area contributed by atoms with Crippen LogP contribution in [-0.4, -0.2) is 11.7 Å². The van der Waals surface area contributed by atoms with Crippen molar-refractivity contribution in [3.63, 3.8) is 0 Å². The van der Waals surface area contributed by atoms with E-state index in [-0.39, 0.29) is 17.6 Å². The molecule has 3 aromatic rings. The minimum atomic E-state index is -0.451. The lowest BCUT2D eigenvalue weighted by Gasteiger charge is -2.35. The monoisotopic (exact) mass is 436 g/mol. The third kappa shape index (κ3) is 3.86. The van der Waals surface area contributed by atoms with E-state index in [9.17, 15) is 9.59 Å². The lowest BCUT2D eigenvalue weighted by molar-refractivity contribution is -0.119. The maximum absolute atomic E-state index is 13.8. The fourth-order valence-corrected chi connectivity index (χ4v) is 5.06. The summed E-state index contributed by atoms with van der Waals surface area (Å²) < 4.78 is 0. The van der Waals surface area contributed by atoms with Crippen LogP contribution in [0.2, 0.25) is 0 Å². The van der Waals surface area contributed by atoms with Crippen molar-refractivity contribution >= 4 is 23.1 Å². The number of fused-ring (bicyclic) bond motifs is 1. The molecule has 166 valence electrons. The molecule has 0 aromatic heterocycles. The summed E-state index contributed by atoms with van der Waals surface area (Å²) in [7, 11) is 0. The highest BCUT2D eigenvalue weighted by atomic mass is 16.2. The number of rotatable bonds is 3. The van der Waals surface area contributed by atoms with E-state index in [1.165, 1.54) is 5.56 Å². The minimum Gasteiger partial charge on any atom is -0.357 e. The number of benzene rings is 3. The highest BCUT2D eigenvalue weighted by molar-refractivity contribution is 6.06. The van der Waals surface area contributed by atoms with E-state index in [1.54, 1.807) is 0 Å². The molecule has 0 radical (unpaired) electrons. The van der Waals surface area contributed by atoms with E-state index < -0.39 is 6.04 Å². The Morgan fingerprint density at radius 3 is 2.33 bits per heavy atom. The minimum absolute atomic E-state index is 0.00144. The van der Waals surface area contributed by atoms with Crippen molar-refractivity contribution in [2.24, 2.45) is 0 Å². The fraction of sp³-hybridized carbons (Fsp3) is 0.241. The maximum Gasteiger partial charge on any atom is 0.227 e. The number of hydrogen-bond acceptors (Lipinski definition) is 3. The van der Waals surface area contributed by atoms with Gasteiger partial charge in [-0.2, -0.15) is 0 Å². The average molecular weight is 437 g/mol. The van der Waals surface area contributed by atoms with Gasteiger partial charge in [-0.1, -0.05) is 79.2 Å². The van der Waals surface area contributed by atoms with Crippen LogP contribution in [0, 0.1) is 6.92 Å². The number of Topliss-reactive ketones (excluding diaryl/α,β-unsaturated/α-hetero) is 1. The van der Waals surface area contributed by atoms with Gasteiger partial charge in [-0.3, -0.25) is 14.5 Å². The molecule has 0 spiro atoms. The molecule has 33 heavy (non-hydrogen) atoms. The summed E-state index contributed by atoms with van der Waals surface area (Å²) in [6.45, 7) is 3.92. The summed E-state index contributed by atoms with van der Waals surface area (Å²) >= 11 is 0. The van der Waals surface area contributed by atoms with Gasteiger partial charge in [0.15, 0.2) is 5.78 Å². The lowest BCUT2D eigenvalue weighted by atomic mass is 9.78. The second-order valence-electron chi connectivity index (χ2n) is 8.90. The van der Waals surface area contributed by atoms with Crippen LogP contribution in [0.5, 0.6) is 0 Å². The third-order valence-electron chi connectivity index (χ3n) is 6.72. The molecule has 0 saturated carbocycles. The van der Waals surface area contributed by atoms with E-state index in [0.717, 1.165) is 34.6 Å². The molecular formula is C29H28N2O2. The van der Waals surface area contributed by atoms with Gasteiger partial charge < -0.3 is 5.32 Å². The SMILES string of the molecule is CCC(=O)N1c2ccccc2NC2=C(C(=O)C[C@H](c3ccccc3)C2)[C@@H]1c1ccc(C)cc1. The predicted octanol–water partition coefficient (Wildman–Crippen LogP) is 6.31. The summed E-state index contributed by atoms with van der Waals surface area (Å²) in [5.74, 6) is 0.218. The van der Waals surface area contributed by atoms with Crippen molar-refractivity contribution < 1.29 is 9.59 Å². The molecule has 2 atom stereocenters. The number of nitrogens with one attached hydrogen (secondary N) is 1. The first-order valence-corrected chi connectivity index (χ1v) is 11.6. The molecule has 5 rings (SSSR count). The molecule has 1 heterocycles. The average Bonchev–Trinajstić information content (AvgIpc) is 2.99. The van der Waals surface area contributed by atoms with Gasteiger partial charge in [0.25, 0.3) is 0 Å². The molecular weight excluding hydrogens is 408 g/mol. The molecule has 4 nitrogen and oxygen atoms in total. The quantitative estimate of drug-likeness (QED) is 0.524. The molecule has 0 fully saturated rings. The van der Waals surface area contributed by atoms with Crippen LogP contribution in [-0.2, 0) is 9.59 Å². The van der Waals surface area contributed by atoms with Gasteiger partial charge in [-0.15, -0.1) is 0 Å². The number of para-hydroxylation sites is 2. The van der Waals surface area contributed by atoms with Crippen LogP contribution in [0.4, 0.5) is 11.4 Å². The Kier molecular flexibility index (Phi) is 5.59. The molecule has 0 saturated heterocycles. The number of hydrogen-bond donors (Lipinski definition) is 1.